The second-order valence-electron chi connectivity index (χ2n) is 5.42. The van der Waals surface area contributed by atoms with Crippen molar-refractivity contribution in [3.63, 3.8) is 0 Å². The second-order valence-corrected chi connectivity index (χ2v) is 5.81. The molecule has 1 aliphatic heterocycles. The van der Waals surface area contributed by atoms with Crippen LogP contribution in [0.25, 0.3) is 0 Å². The van der Waals surface area contributed by atoms with Crippen LogP contribution in [0.5, 0.6) is 5.75 Å². The Morgan fingerprint density at radius 3 is 2.61 bits per heavy atom. The van der Waals surface area contributed by atoms with Crippen LogP contribution in [0.2, 0.25) is 0 Å². The summed E-state index contributed by atoms with van der Waals surface area (Å²) >= 11 is 5.50. The highest BCUT2D eigenvalue weighted by molar-refractivity contribution is 7.80. The van der Waals surface area contributed by atoms with Crippen molar-refractivity contribution in [1.82, 2.24) is 10.2 Å². The zero-order valence-electron chi connectivity index (χ0n) is 13.2. The summed E-state index contributed by atoms with van der Waals surface area (Å²) in [7, 11) is 0. The summed E-state index contributed by atoms with van der Waals surface area (Å²) in [5.74, 6) is 0.862. The van der Waals surface area contributed by atoms with E-state index < -0.39 is 0 Å². The highest BCUT2D eigenvalue weighted by Gasteiger charge is 2.24. The van der Waals surface area contributed by atoms with Crippen molar-refractivity contribution in [3.8, 4) is 5.75 Å². The van der Waals surface area contributed by atoms with Crippen molar-refractivity contribution in [3.05, 3.63) is 60.2 Å². The maximum atomic E-state index is 5.74. The number of thiocarbonyl (C=S) groups is 1. The number of hydrogen-bond donors (Lipinski definition) is 1. The third kappa shape index (κ3) is 3.81. The molecule has 0 atom stereocenters. The summed E-state index contributed by atoms with van der Waals surface area (Å²) in [5.41, 5.74) is 2.30. The Bertz CT molecular complexity index is 662. The van der Waals surface area contributed by atoms with E-state index in [1.165, 1.54) is 5.56 Å². The molecule has 0 aliphatic carbocycles. The zero-order chi connectivity index (χ0) is 16.1. The van der Waals surface area contributed by atoms with Gasteiger partial charge in [0.15, 0.2) is 5.11 Å². The Balaban J connectivity index is 1.77. The molecule has 1 N–H and O–H groups in total. The molecular formula is C18H21N3OS. The molecule has 5 heteroatoms. The van der Waals surface area contributed by atoms with E-state index >= 15 is 0 Å². The van der Waals surface area contributed by atoms with E-state index in [1.54, 1.807) is 0 Å². The largest absolute Gasteiger partial charge is 0.492 e. The third-order valence-corrected chi connectivity index (χ3v) is 4.11. The van der Waals surface area contributed by atoms with Gasteiger partial charge in [0.2, 0.25) is 0 Å². The highest BCUT2D eigenvalue weighted by Crippen LogP contribution is 2.29. The number of para-hydroxylation sites is 2. The molecule has 0 amide bonds. The fourth-order valence-electron chi connectivity index (χ4n) is 2.68. The number of anilines is 1. The van der Waals surface area contributed by atoms with Gasteiger partial charge < -0.3 is 15.0 Å². The Morgan fingerprint density at radius 2 is 1.83 bits per heavy atom. The predicted molar refractivity (Wildman–Crippen MR) is 97.5 cm³/mol. The number of ether oxygens (including phenoxy) is 1. The van der Waals surface area contributed by atoms with Gasteiger partial charge >= 0.3 is 0 Å². The molecule has 1 heterocycles. The lowest BCUT2D eigenvalue weighted by Gasteiger charge is -2.38. The van der Waals surface area contributed by atoms with E-state index in [-0.39, 0.29) is 0 Å². The SMILES string of the molecule is CCOc1ccccc1N1CN(Cc2ccccc2)CNC1=S. The van der Waals surface area contributed by atoms with Crippen LogP contribution in [0.15, 0.2) is 54.6 Å². The van der Waals surface area contributed by atoms with Gasteiger partial charge in [-0.3, -0.25) is 4.90 Å². The summed E-state index contributed by atoms with van der Waals surface area (Å²) in [5, 5.41) is 4.04. The summed E-state index contributed by atoms with van der Waals surface area (Å²) in [6.07, 6.45) is 0. The summed E-state index contributed by atoms with van der Waals surface area (Å²) in [6, 6.07) is 18.5. The van der Waals surface area contributed by atoms with Gasteiger partial charge in [-0.15, -0.1) is 0 Å². The van der Waals surface area contributed by atoms with E-state index in [0.717, 1.165) is 36.4 Å². The Labute approximate surface area is 142 Å². The molecule has 2 aromatic rings. The predicted octanol–water partition coefficient (Wildman–Crippen LogP) is 3.20. The van der Waals surface area contributed by atoms with Gasteiger partial charge in [-0.25, -0.2) is 0 Å². The van der Waals surface area contributed by atoms with Crippen molar-refractivity contribution in [2.45, 2.75) is 13.5 Å². The van der Waals surface area contributed by atoms with Crippen molar-refractivity contribution in [2.75, 3.05) is 24.8 Å². The summed E-state index contributed by atoms with van der Waals surface area (Å²) in [6.45, 7) is 5.00. The molecule has 1 saturated heterocycles. The van der Waals surface area contributed by atoms with Crippen LogP contribution in [-0.4, -0.2) is 30.0 Å². The molecule has 23 heavy (non-hydrogen) atoms. The molecule has 0 aromatic heterocycles. The van der Waals surface area contributed by atoms with Crippen LogP contribution in [0.1, 0.15) is 12.5 Å². The van der Waals surface area contributed by atoms with Crippen LogP contribution in [0, 0.1) is 0 Å². The van der Waals surface area contributed by atoms with Gasteiger partial charge in [0, 0.05) is 6.54 Å². The zero-order valence-corrected chi connectivity index (χ0v) is 14.1. The first-order chi connectivity index (χ1) is 11.3. The standard InChI is InChI=1S/C18H21N3OS/c1-2-22-17-11-7-6-10-16(17)21-14-20(13-19-18(21)23)12-15-8-4-3-5-9-15/h3-11H,2,12-14H2,1H3,(H,19,23). The molecule has 2 aromatic carbocycles. The monoisotopic (exact) mass is 327 g/mol. The number of rotatable bonds is 5. The molecule has 0 saturated carbocycles. The average molecular weight is 327 g/mol. The van der Waals surface area contributed by atoms with Crippen LogP contribution in [0.4, 0.5) is 5.69 Å². The second kappa shape index (κ2) is 7.44. The molecule has 0 unspecified atom stereocenters. The van der Waals surface area contributed by atoms with Crippen LogP contribution >= 0.6 is 12.2 Å². The molecule has 0 spiro atoms. The van der Waals surface area contributed by atoms with Gasteiger partial charge in [0.05, 0.1) is 25.6 Å². The van der Waals surface area contributed by atoms with Gasteiger partial charge in [0.25, 0.3) is 0 Å². The normalized spacial score (nSPS) is 15.3. The van der Waals surface area contributed by atoms with Crippen LogP contribution < -0.4 is 15.0 Å². The van der Waals surface area contributed by atoms with Crippen molar-refractivity contribution in [2.24, 2.45) is 0 Å². The van der Waals surface area contributed by atoms with Crippen molar-refractivity contribution in [1.29, 1.82) is 0 Å². The smallest absolute Gasteiger partial charge is 0.175 e. The molecule has 0 radical (unpaired) electrons. The van der Waals surface area contributed by atoms with Crippen molar-refractivity contribution >= 4 is 23.0 Å². The van der Waals surface area contributed by atoms with Gasteiger partial charge in [-0.1, -0.05) is 42.5 Å². The molecule has 1 aliphatic rings. The van der Waals surface area contributed by atoms with E-state index in [2.05, 4.69) is 39.4 Å². The molecular weight excluding hydrogens is 306 g/mol. The first-order valence-electron chi connectivity index (χ1n) is 7.81. The minimum atomic E-state index is 0.638. The van der Waals surface area contributed by atoms with E-state index in [4.69, 9.17) is 17.0 Å². The first kappa shape index (κ1) is 15.8. The number of nitrogens with one attached hydrogen (secondary N) is 1. The van der Waals surface area contributed by atoms with Crippen LogP contribution in [-0.2, 0) is 6.54 Å². The minimum Gasteiger partial charge on any atom is -0.492 e. The van der Waals surface area contributed by atoms with Gasteiger partial charge in [-0.05, 0) is 36.8 Å². The topological polar surface area (TPSA) is 27.7 Å². The van der Waals surface area contributed by atoms with Crippen molar-refractivity contribution < 1.29 is 4.74 Å². The summed E-state index contributed by atoms with van der Waals surface area (Å²) < 4.78 is 5.74. The third-order valence-electron chi connectivity index (χ3n) is 3.75. The number of benzene rings is 2. The maximum absolute atomic E-state index is 5.74. The molecule has 0 bridgehead atoms. The van der Waals surface area contributed by atoms with E-state index in [1.807, 2.05) is 37.3 Å². The Kier molecular flexibility index (Phi) is 5.10. The first-order valence-corrected chi connectivity index (χ1v) is 8.22. The minimum absolute atomic E-state index is 0.638. The average Bonchev–Trinajstić information content (AvgIpc) is 2.59. The highest BCUT2D eigenvalue weighted by atomic mass is 32.1. The van der Waals surface area contributed by atoms with Gasteiger partial charge in [0.1, 0.15) is 5.75 Å². The number of hydrogen-bond acceptors (Lipinski definition) is 3. The van der Waals surface area contributed by atoms with E-state index in [9.17, 15) is 0 Å². The Hall–Kier alpha value is -2.11. The lowest BCUT2D eigenvalue weighted by atomic mass is 10.2. The molecule has 1 fully saturated rings. The van der Waals surface area contributed by atoms with Crippen LogP contribution in [0.3, 0.4) is 0 Å². The van der Waals surface area contributed by atoms with E-state index in [0.29, 0.717) is 6.61 Å². The quantitative estimate of drug-likeness (QED) is 0.852. The maximum Gasteiger partial charge on any atom is 0.175 e. The Morgan fingerprint density at radius 1 is 1.09 bits per heavy atom. The summed E-state index contributed by atoms with van der Waals surface area (Å²) in [4.78, 5) is 4.40. The molecule has 3 rings (SSSR count). The lowest BCUT2D eigenvalue weighted by Crippen LogP contribution is -2.56. The lowest BCUT2D eigenvalue weighted by molar-refractivity contribution is 0.251. The fourth-order valence-corrected chi connectivity index (χ4v) is 2.90. The van der Waals surface area contributed by atoms with Gasteiger partial charge in [-0.2, -0.15) is 0 Å². The molecule has 4 nitrogen and oxygen atoms in total. The fraction of sp³-hybridized carbons (Fsp3) is 0.278. The number of nitrogens with zero attached hydrogens (tertiary/aromatic N) is 2. The molecule has 120 valence electrons.